The first-order valence-electron chi connectivity index (χ1n) is 5.51. The first-order chi connectivity index (χ1) is 8.28. The highest BCUT2D eigenvalue weighted by atomic mass is 32.2. The quantitative estimate of drug-likeness (QED) is 0.840. The van der Waals surface area contributed by atoms with Gasteiger partial charge in [-0.25, -0.2) is 0 Å². The minimum atomic E-state index is 0.0976. The lowest BCUT2D eigenvalue weighted by molar-refractivity contribution is 0.281. The van der Waals surface area contributed by atoms with Gasteiger partial charge in [-0.05, 0) is 35.7 Å². The highest BCUT2D eigenvalue weighted by Gasteiger charge is 1.98. The summed E-state index contributed by atoms with van der Waals surface area (Å²) in [6, 6.07) is 10.1. The number of aliphatic hydroxyl groups is 1. The van der Waals surface area contributed by atoms with Gasteiger partial charge in [-0.3, -0.25) is 4.98 Å². The van der Waals surface area contributed by atoms with Crippen LogP contribution in [0.2, 0.25) is 0 Å². The van der Waals surface area contributed by atoms with E-state index in [1.54, 1.807) is 11.8 Å². The highest BCUT2D eigenvalue weighted by molar-refractivity contribution is 7.98. The van der Waals surface area contributed by atoms with Gasteiger partial charge < -0.3 is 5.11 Å². The lowest BCUT2D eigenvalue weighted by Gasteiger charge is -2.04. The van der Waals surface area contributed by atoms with Crippen LogP contribution in [0.1, 0.15) is 16.7 Å². The number of hydrogen-bond acceptors (Lipinski definition) is 3. The van der Waals surface area contributed by atoms with Crippen molar-refractivity contribution >= 4 is 11.8 Å². The fourth-order valence-electron chi connectivity index (χ4n) is 1.60. The molecule has 0 saturated heterocycles. The van der Waals surface area contributed by atoms with Crippen molar-refractivity contribution in [2.75, 3.05) is 0 Å². The van der Waals surface area contributed by atoms with Crippen LogP contribution in [0.25, 0.3) is 0 Å². The third-order valence-electron chi connectivity index (χ3n) is 2.42. The maximum atomic E-state index is 9.06. The molecule has 0 saturated carbocycles. The van der Waals surface area contributed by atoms with Gasteiger partial charge >= 0.3 is 0 Å². The number of aliphatic hydroxyl groups excluding tert-OH is 1. The van der Waals surface area contributed by atoms with E-state index in [4.69, 9.17) is 5.11 Å². The van der Waals surface area contributed by atoms with Gasteiger partial charge in [-0.2, -0.15) is 0 Å². The van der Waals surface area contributed by atoms with Crippen LogP contribution in [0.15, 0.2) is 47.6 Å². The third kappa shape index (κ3) is 3.58. The van der Waals surface area contributed by atoms with Gasteiger partial charge in [0.1, 0.15) is 0 Å². The molecule has 0 unspecified atom stereocenters. The number of benzene rings is 1. The number of aromatic nitrogens is 1. The summed E-state index contributed by atoms with van der Waals surface area (Å²) in [5, 5.41) is 9.06. The predicted molar refractivity (Wildman–Crippen MR) is 70.9 cm³/mol. The Hall–Kier alpha value is -1.32. The van der Waals surface area contributed by atoms with E-state index in [-0.39, 0.29) is 6.61 Å². The number of thioether (sulfide) groups is 1. The standard InChI is InChI=1S/C14H15NOS/c1-11-5-13(8-15-7-11)10-17-14-4-2-3-12(6-14)9-16/h2-8,16H,9-10H2,1H3. The van der Waals surface area contributed by atoms with Gasteiger partial charge in [0.05, 0.1) is 6.61 Å². The molecule has 0 atom stereocenters. The second kappa shape index (κ2) is 5.84. The summed E-state index contributed by atoms with van der Waals surface area (Å²) < 4.78 is 0. The molecule has 1 aromatic carbocycles. The Balaban J connectivity index is 2.02. The van der Waals surface area contributed by atoms with Crippen LogP contribution >= 0.6 is 11.8 Å². The Morgan fingerprint density at radius 3 is 2.82 bits per heavy atom. The van der Waals surface area contributed by atoms with Gasteiger partial charge in [0.2, 0.25) is 0 Å². The van der Waals surface area contributed by atoms with Gasteiger partial charge in [-0.1, -0.05) is 18.2 Å². The third-order valence-corrected chi connectivity index (χ3v) is 3.48. The molecule has 0 fully saturated rings. The largest absolute Gasteiger partial charge is 0.392 e. The Morgan fingerprint density at radius 1 is 1.18 bits per heavy atom. The average Bonchev–Trinajstić information content (AvgIpc) is 2.37. The normalized spacial score (nSPS) is 10.5. The SMILES string of the molecule is Cc1cncc(CSc2cccc(CO)c2)c1. The zero-order valence-corrected chi connectivity index (χ0v) is 10.6. The second-order valence-electron chi connectivity index (χ2n) is 3.96. The molecule has 0 radical (unpaired) electrons. The molecule has 0 aliphatic heterocycles. The van der Waals surface area contributed by atoms with E-state index in [2.05, 4.69) is 17.1 Å². The molecule has 2 aromatic rings. The zero-order chi connectivity index (χ0) is 12.1. The van der Waals surface area contributed by atoms with E-state index in [1.807, 2.05) is 37.5 Å². The Morgan fingerprint density at radius 2 is 2.06 bits per heavy atom. The average molecular weight is 245 g/mol. The fourth-order valence-corrected chi connectivity index (χ4v) is 2.50. The van der Waals surface area contributed by atoms with Crippen molar-refractivity contribution in [2.45, 2.75) is 24.2 Å². The Labute approximate surface area is 106 Å². The number of rotatable bonds is 4. The molecule has 88 valence electrons. The van der Waals surface area contributed by atoms with Crippen molar-refractivity contribution in [2.24, 2.45) is 0 Å². The minimum absolute atomic E-state index is 0.0976. The Kier molecular flexibility index (Phi) is 4.18. The number of aryl methyl sites for hydroxylation is 1. The fraction of sp³-hybridized carbons (Fsp3) is 0.214. The van der Waals surface area contributed by atoms with E-state index in [9.17, 15) is 0 Å². The van der Waals surface area contributed by atoms with Crippen LogP contribution in [0, 0.1) is 6.92 Å². The van der Waals surface area contributed by atoms with E-state index >= 15 is 0 Å². The van der Waals surface area contributed by atoms with Gasteiger partial charge in [0.15, 0.2) is 0 Å². The number of nitrogens with zero attached hydrogens (tertiary/aromatic N) is 1. The molecule has 1 heterocycles. The van der Waals surface area contributed by atoms with E-state index in [0.717, 1.165) is 11.3 Å². The van der Waals surface area contributed by atoms with Crippen LogP contribution in [0.5, 0.6) is 0 Å². The maximum absolute atomic E-state index is 9.06. The summed E-state index contributed by atoms with van der Waals surface area (Å²) in [5.74, 6) is 0.906. The summed E-state index contributed by atoms with van der Waals surface area (Å²) in [6.07, 6.45) is 3.76. The molecule has 3 heteroatoms. The van der Waals surface area contributed by atoms with Crippen molar-refractivity contribution in [3.05, 3.63) is 59.4 Å². The molecule has 2 rings (SSSR count). The zero-order valence-electron chi connectivity index (χ0n) is 9.76. The van der Waals surface area contributed by atoms with Crippen LogP contribution < -0.4 is 0 Å². The first kappa shape index (κ1) is 12.1. The summed E-state index contributed by atoms with van der Waals surface area (Å²) in [4.78, 5) is 5.36. The lowest BCUT2D eigenvalue weighted by atomic mass is 10.2. The van der Waals surface area contributed by atoms with Gasteiger partial charge in [-0.15, -0.1) is 11.8 Å². The smallest absolute Gasteiger partial charge is 0.0682 e. The van der Waals surface area contributed by atoms with Crippen LogP contribution in [-0.4, -0.2) is 10.1 Å². The van der Waals surface area contributed by atoms with Crippen LogP contribution in [0.3, 0.4) is 0 Å². The molecule has 0 aliphatic carbocycles. The van der Waals surface area contributed by atoms with Crippen molar-refractivity contribution in [3.8, 4) is 0 Å². The van der Waals surface area contributed by atoms with E-state index in [1.165, 1.54) is 16.0 Å². The Bertz CT molecular complexity index is 499. The monoisotopic (exact) mass is 245 g/mol. The van der Waals surface area contributed by atoms with Crippen molar-refractivity contribution < 1.29 is 5.11 Å². The molecule has 1 aromatic heterocycles. The summed E-state index contributed by atoms with van der Waals surface area (Å²) >= 11 is 1.76. The number of hydrogen-bond donors (Lipinski definition) is 1. The minimum Gasteiger partial charge on any atom is -0.392 e. The van der Waals surface area contributed by atoms with Crippen molar-refractivity contribution in [1.29, 1.82) is 0 Å². The summed E-state index contributed by atoms with van der Waals surface area (Å²) in [7, 11) is 0. The molecule has 2 nitrogen and oxygen atoms in total. The lowest BCUT2D eigenvalue weighted by Crippen LogP contribution is -1.86. The van der Waals surface area contributed by atoms with Crippen LogP contribution in [-0.2, 0) is 12.4 Å². The maximum Gasteiger partial charge on any atom is 0.0682 e. The number of pyridine rings is 1. The highest BCUT2D eigenvalue weighted by Crippen LogP contribution is 2.23. The molecule has 0 aliphatic rings. The predicted octanol–water partition coefficient (Wildman–Crippen LogP) is 3.17. The molecule has 0 spiro atoms. The molecular formula is C14H15NOS. The molecule has 0 bridgehead atoms. The van der Waals surface area contributed by atoms with Crippen LogP contribution in [0.4, 0.5) is 0 Å². The van der Waals surface area contributed by atoms with Gasteiger partial charge in [0.25, 0.3) is 0 Å². The van der Waals surface area contributed by atoms with Crippen molar-refractivity contribution in [3.63, 3.8) is 0 Å². The van der Waals surface area contributed by atoms with Crippen molar-refractivity contribution in [1.82, 2.24) is 4.98 Å². The molecule has 0 amide bonds. The van der Waals surface area contributed by atoms with Gasteiger partial charge in [0, 0.05) is 23.0 Å². The topological polar surface area (TPSA) is 33.1 Å². The van der Waals surface area contributed by atoms with E-state index in [0.29, 0.717) is 0 Å². The molecule has 1 N–H and O–H groups in total. The second-order valence-corrected chi connectivity index (χ2v) is 5.01. The molecular weight excluding hydrogens is 230 g/mol. The summed E-state index contributed by atoms with van der Waals surface area (Å²) in [6.45, 7) is 2.15. The van der Waals surface area contributed by atoms with E-state index < -0.39 is 0 Å². The molecule has 17 heavy (non-hydrogen) atoms. The first-order valence-corrected chi connectivity index (χ1v) is 6.49. The summed E-state index contributed by atoms with van der Waals surface area (Å²) in [5.41, 5.74) is 3.37.